The quantitative estimate of drug-likeness (QED) is 0.875. The Morgan fingerprint density at radius 3 is 2.68 bits per heavy atom. The Bertz CT molecular complexity index is 430. The van der Waals surface area contributed by atoms with Crippen LogP contribution in [0.2, 0.25) is 0 Å². The molecule has 0 aliphatic heterocycles. The summed E-state index contributed by atoms with van der Waals surface area (Å²) in [6, 6.07) is 0. The largest absolute Gasteiger partial charge is 0.383 e. The maximum atomic E-state index is 5.94. The van der Waals surface area contributed by atoms with Crippen molar-refractivity contribution in [1.82, 2.24) is 9.97 Å². The van der Waals surface area contributed by atoms with Crippen LogP contribution in [0.1, 0.15) is 50.9 Å². The monoisotopic (exact) mass is 262 g/mol. The standard InChI is InChI=1S/C15H26N4/c1-4-13-18-14(16)11(3)15(19-13)17-9-12-8-6-5-7-10(12)2/h10,12H,4-9H2,1-3H3,(H3,16,17,18,19). The van der Waals surface area contributed by atoms with Gasteiger partial charge in [0.05, 0.1) is 0 Å². The van der Waals surface area contributed by atoms with Crippen molar-refractivity contribution in [3.63, 3.8) is 0 Å². The second-order valence-electron chi connectivity index (χ2n) is 5.75. The van der Waals surface area contributed by atoms with Gasteiger partial charge in [-0.25, -0.2) is 9.97 Å². The molecule has 2 unspecified atom stereocenters. The first kappa shape index (κ1) is 14.1. The minimum Gasteiger partial charge on any atom is -0.383 e. The van der Waals surface area contributed by atoms with E-state index in [2.05, 4.69) is 29.1 Å². The van der Waals surface area contributed by atoms with E-state index in [0.717, 1.165) is 42.0 Å². The molecule has 1 fully saturated rings. The van der Waals surface area contributed by atoms with Gasteiger partial charge in [0.15, 0.2) is 0 Å². The summed E-state index contributed by atoms with van der Waals surface area (Å²) in [7, 11) is 0. The Morgan fingerprint density at radius 2 is 2.00 bits per heavy atom. The zero-order chi connectivity index (χ0) is 13.8. The number of aromatic nitrogens is 2. The van der Waals surface area contributed by atoms with Crippen LogP contribution in [-0.2, 0) is 6.42 Å². The minimum absolute atomic E-state index is 0.603. The van der Waals surface area contributed by atoms with Gasteiger partial charge in [-0.15, -0.1) is 0 Å². The molecule has 4 nitrogen and oxygen atoms in total. The molecule has 2 rings (SSSR count). The molecule has 4 heteroatoms. The van der Waals surface area contributed by atoms with E-state index in [1.165, 1.54) is 25.7 Å². The molecule has 1 saturated carbocycles. The van der Waals surface area contributed by atoms with E-state index in [9.17, 15) is 0 Å². The Morgan fingerprint density at radius 1 is 1.26 bits per heavy atom. The fourth-order valence-electron chi connectivity index (χ4n) is 2.84. The molecule has 0 radical (unpaired) electrons. The first-order valence-corrected chi connectivity index (χ1v) is 7.48. The molecule has 1 aromatic rings. The number of hydrogen-bond acceptors (Lipinski definition) is 4. The maximum Gasteiger partial charge on any atom is 0.134 e. The highest BCUT2D eigenvalue weighted by Crippen LogP contribution is 2.30. The highest BCUT2D eigenvalue weighted by atomic mass is 15.1. The van der Waals surface area contributed by atoms with Gasteiger partial charge in [0.1, 0.15) is 17.5 Å². The number of aryl methyl sites for hydroxylation is 1. The zero-order valence-electron chi connectivity index (χ0n) is 12.4. The van der Waals surface area contributed by atoms with Crippen molar-refractivity contribution in [2.75, 3.05) is 17.6 Å². The number of nitrogens with one attached hydrogen (secondary N) is 1. The molecule has 0 saturated heterocycles. The number of nitrogen functional groups attached to an aromatic ring is 1. The summed E-state index contributed by atoms with van der Waals surface area (Å²) in [4.78, 5) is 8.85. The van der Waals surface area contributed by atoms with E-state index in [-0.39, 0.29) is 0 Å². The van der Waals surface area contributed by atoms with Crippen molar-refractivity contribution in [3.8, 4) is 0 Å². The molecule has 0 spiro atoms. The lowest BCUT2D eigenvalue weighted by Gasteiger charge is -2.29. The molecule has 0 aromatic carbocycles. The van der Waals surface area contributed by atoms with Crippen LogP contribution in [-0.4, -0.2) is 16.5 Å². The van der Waals surface area contributed by atoms with Crippen LogP contribution < -0.4 is 11.1 Å². The fraction of sp³-hybridized carbons (Fsp3) is 0.733. The summed E-state index contributed by atoms with van der Waals surface area (Å²) < 4.78 is 0. The van der Waals surface area contributed by atoms with Gasteiger partial charge in [0.2, 0.25) is 0 Å². The highest BCUT2D eigenvalue weighted by molar-refractivity contribution is 5.54. The van der Waals surface area contributed by atoms with Gasteiger partial charge < -0.3 is 11.1 Å². The third kappa shape index (κ3) is 3.37. The molecule has 106 valence electrons. The van der Waals surface area contributed by atoms with E-state index in [4.69, 9.17) is 5.73 Å². The predicted molar refractivity (Wildman–Crippen MR) is 80.2 cm³/mol. The van der Waals surface area contributed by atoms with Crippen LogP contribution in [0.15, 0.2) is 0 Å². The molecular weight excluding hydrogens is 236 g/mol. The SMILES string of the molecule is CCc1nc(N)c(C)c(NCC2CCCCC2C)n1. The number of nitrogens with zero attached hydrogens (tertiary/aromatic N) is 2. The molecule has 3 N–H and O–H groups in total. The summed E-state index contributed by atoms with van der Waals surface area (Å²) in [5.74, 6) is 3.91. The second-order valence-corrected chi connectivity index (χ2v) is 5.75. The third-order valence-corrected chi connectivity index (χ3v) is 4.37. The van der Waals surface area contributed by atoms with Crippen LogP contribution in [0.4, 0.5) is 11.6 Å². The number of nitrogens with two attached hydrogens (primary N) is 1. The van der Waals surface area contributed by atoms with E-state index < -0.39 is 0 Å². The summed E-state index contributed by atoms with van der Waals surface area (Å²) in [6.07, 6.45) is 6.25. The van der Waals surface area contributed by atoms with Crippen LogP contribution in [0.25, 0.3) is 0 Å². The third-order valence-electron chi connectivity index (χ3n) is 4.37. The average molecular weight is 262 g/mol. The molecule has 19 heavy (non-hydrogen) atoms. The van der Waals surface area contributed by atoms with Crippen molar-refractivity contribution in [2.45, 2.75) is 52.9 Å². The van der Waals surface area contributed by atoms with Gasteiger partial charge in [0.25, 0.3) is 0 Å². The van der Waals surface area contributed by atoms with Crippen LogP contribution >= 0.6 is 0 Å². The molecule has 1 aromatic heterocycles. The van der Waals surface area contributed by atoms with Crippen LogP contribution in [0.5, 0.6) is 0 Å². The van der Waals surface area contributed by atoms with Gasteiger partial charge in [0, 0.05) is 18.5 Å². The molecular formula is C15H26N4. The van der Waals surface area contributed by atoms with Gasteiger partial charge >= 0.3 is 0 Å². The number of rotatable bonds is 4. The molecule has 1 aliphatic carbocycles. The fourth-order valence-corrected chi connectivity index (χ4v) is 2.84. The minimum atomic E-state index is 0.603. The predicted octanol–water partition coefficient (Wildman–Crippen LogP) is 3.17. The number of anilines is 2. The van der Waals surface area contributed by atoms with Crippen molar-refractivity contribution >= 4 is 11.6 Å². The zero-order valence-corrected chi connectivity index (χ0v) is 12.4. The van der Waals surface area contributed by atoms with Crippen molar-refractivity contribution in [3.05, 3.63) is 11.4 Å². The van der Waals surface area contributed by atoms with Gasteiger partial charge in [-0.3, -0.25) is 0 Å². The van der Waals surface area contributed by atoms with Gasteiger partial charge in [-0.05, 0) is 25.2 Å². The van der Waals surface area contributed by atoms with Crippen LogP contribution in [0, 0.1) is 18.8 Å². The molecule has 1 heterocycles. The first-order chi connectivity index (χ1) is 9.11. The van der Waals surface area contributed by atoms with Gasteiger partial charge in [-0.2, -0.15) is 0 Å². The van der Waals surface area contributed by atoms with E-state index in [1.807, 2.05) is 6.92 Å². The van der Waals surface area contributed by atoms with E-state index >= 15 is 0 Å². The second kappa shape index (κ2) is 6.22. The lowest BCUT2D eigenvalue weighted by atomic mass is 9.80. The summed E-state index contributed by atoms with van der Waals surface area (Å²) in [5.41, 5.74) is 6.91. The van der Waals surface area contributed by atoms with Crippen molar-refractivity contribution in [1.29, 1.82) is 0 Å². The Labute approximate surface area is 116 Å². The molecule has 1 aliphatic rings. The van der Waals surface area contributed by atoms with E-state index in [0.29, 0.717) is 5.82 Å². The molecule has 0 amide bonds. The van der Waals surface area contributed by atoms with E-state index in [1.54, 1.807) is 0 Å². The lowest BCUT2D eigenvalue weighted by Crippen LogP contribution is -2.25. The first-order valence-electron chi connectivity index (χ1n) is 7.48. The summed E-state index contributed by atoms with van der Waals surface area (Å²) in [6.45, 7) is 7.41. The summed E-state index contributed by atoms with van der Waals surface area (Å²) >= 11 is 0. The Kier molecular flexibility index (Phi) is 4.61. The lowest BCUT2D eigenvalue weighted by molar-refractivity contribution is 0.268. The van der Waals surface area contributed by atoms with Crippen LogP contribution in [0.3, 0.4) is 0 Å². The van der Waals surface area contributed by atoms with Gasteiger partial charge in [-0.1, -0.05) is 33.1 Å². The highest BCUT2D eigenvalue weighted by Gasteiger charge is 2.21. The molecule has 2 atom stereocenters. The maximum absolute atomic E-state index is 5.94. The topological polar surface area (TPSA) is 63.8 Å². The normalized spacial score (nSPS) is 23.3. The summed E-state index contributed by atoms with van der Waals surface area (Å²) in [5, 5.41) is 3.50. The Hall–Kier alpha value is -1.32. The Balaban J connectivity index is 2.04. The van der Waals surface area contributed by atoms with Crippen molar-refractivity contribution in [2.24, 2.45) is 11.8 Å². The van der Waals surface area contributed by atoms with Crippen molar-refractivity contribution < 1.29 is 0 Å². The smallest absolute Gasteiger partial charge is 0.134 e. The molecule has 0 bridgehead atoms. The average Bonchev–Trinajstić information content (AvgIpc) is 2.42. The number of hydrogen-bond donors (Lipinski definition) is 2.